The average molecular weight is 413 g/mol. The van der Waals surface area contributed by atoms with E-state index in [0.29, 0.717) is 27.5 Å². The predicted molar refractivity (Wildman–Crippen MR) is 121 cm³/mol. The van der Waals surface area contributed by atoms with Crippen molar-refractivity contribution in [2.45, 2.75) is 78.6 Å². The van der Waals surface area contributed by atoms with Crippen LogP contribution in [-0.2, 0) is 9.53 Å². The Morgan fingerprint density at radius 1 is 1.17 bits per heavy atom. The normalized spacial score (nSPS) is 44.5. The molecular formula is C26H36O2S. The summed E-state index contributed by atoms with van der Waals surface area (Å²) >= 11 is 5.69. The lowest BCUT2D eigenvalue weighted by atomic mass is 9.42. The lowest BCUT2D eigenvalue weighted by Gasteiger charge is -2.62. The number of rotatable bonds is 4. The van der Waals surface area contributed by atoms with Crippen LogP contribution in [0, 0.1) is 39.9 Å². The van der Waals surface area contributed by atoms with Gasteiger partial charge in [-0.3, -0.25) is 4.79 Å². The number of thiocarbonyl (C=S) groups is 1. The second-order valence-electron chi connectivity index (χ2n) is 11.0. The molecule has 0 radical (unpaired) electrons. The van der Waals surface area contributed by atoms with Gasteiger partial charge in [-0.25, -0.2) is 0 Å². The molecule has 0 aromatic heterocycles. The summed E-state index contributed by atoms with van der Waals surface area (Å²) in [6, 6.07) is 0. The van der Waals surface area contributed by atoms with Gasteiger partial charge in [0.05, 0.1) is 17.2 Å². The molecule has 2 nitrogen and oxygen atoms in total. The van der Waals surface area contributed by atoms with Gasteiger partial charge >= 0.3 is 0 Å². The summed E-state index contributed by atoms with van der Waals surface area (Å²) in [6.45, 7) is 7.88. The fraction of sp³-hybridized carbons (Fsp3) is 0.769. The van der Waals surface area contributed by atoms with E-state index >= 15 is 0 Å². The number of ether oxygens (including phenoxy) is 1. The molecule has 0 bridgehead atoms. The molecule has 158 valence electrons. The molecule has 5 aliphatic rings. The lowest BCUT2D eigenvalue weighted by molar-refractivity contribution is -0.108. The van der Waals surface area contributed by atoms with Crippen LogP contribution in [0.2, 0.25) is 0 Å². The summed E-state index contributed by atoms with van der Waals surface area (Å²) in [5.41, 5.74) is 2.64. The number of carbonyl (C=O) groups is 1. The van der Waals surface area contributed by atoms with Gasteiger partial charge in [-0.15, -0.1) is 0 Å². The summed E-state index contributed by atoms with van der Waals surface area (Å²) in [7, 11) is 0. The highest BCUT2D eigenvalue weighted by molar-refractivity contribution is 7.81. The maximum atomic E-state index is 11.8. The third-order valence-corrected chi connectivity index (χ3v) is 10.8. The van der Waals surface area contributed by atoms with Crippen LogP contribution in [0.4, 0.5) is 0 Å². The van der Waals surface area contributed by atoms with E-state index in [1.807, 2.05) is 0 Å². The molecule has 6 atom stereocenters. The number of carbonyl (C=O) groups excluding carboxylic acids is 1. The Morgan fingerprint density at radius 2 is 1.93 bits per heavy atom. The van der Waals surface area contributed by atoms with Crippen molar-refractivity contribution in [3.05, 3.63) is 23.5 Å². The topological polar surface area (TPSA) is 26.3 Å². The van der Waals surface area contributed by atoms with Gasteiger partial charge < -0.3 is 4.74 Å². The number of hydrogen-bond acceptors (Lipinski definition) is 3. The Kier molecular flexibility index (Phi) is 4.66. The molecule has 0 saturated heterocycles. The van der Waals surface area contributed by atoms with Gasteiger partial charge in [-0.1, -0.05) is 38.6 Å². The van der Waals surface area contributed by atoms with Crippen molar-refractivity contribution < 1.29 is 9.53 Å². The highest BCUT2D eigenvalue weighted by Gasteiger charge is 2.66. The average Bonchev–Trinajstić information content (AvgIpc) is 3.01. The Morgan fingerprint density at radius 3 is 2.59 bits per heavy atom. The van der Waals surface area contributed by atoms with Crippen molar-refractivity contribution in [2.75, 3.05) is 6.61 Å². The molecule has 3 heteroatoms. The smallest absolute Gasteiger partial charge is 0.157 e. The lowest BCUT2D eigenvalue weighted by Crippen LogP contribution is -2.56. The Labute approximate surface area is 181 Å². The van der Waals surface area contributed by atoms with Crippen molar-refractivity contribution in [1.29, 1.82) is 0 Å². The standard InChI is InChI=1S/C26H36O2S/c1-4-28-18-6-11-24(2)17(14-18)15-19(22(29)16-27)23-20(24)7-12-25(3)21(23)8-13-26(25)9-5-10-26/h14-16,19-21,23H,4-13H2,1-3H3/t19-,20-,21-,23+,24-,25-/m0/s1. The second kappa shape index (κ2) is 6.77. The van der Waals surface area contributed by atoms with Crippen LogP contribution in [-0.4, -0.2) is 17.8 Å². The minimum absolute atomic E-state index is 0.132. The predicted octanol–water partition coefficient (Wildman–Crippen LogP) is 6.44. The molecule has 0 heterocycles. The maximum absolute atomic E-state index is 11.8. The molecule has 5 aliphatic carbocycles. The first-order chi connectivity index (χ1) is 13.9. The highest BCUT2D eigenvalue weighted by Crippen LogP contribution is 2.74. The van der Waals surface area contributed by atoms with E-state index in [9.17, 15) is 4.79 Å². The van der Waals surface area contributed by atoms with Crippen LogP contribution in [0.25, 0.3) is 0 Å². The minimum Gasteiger partial charge on any atom is -0.498 e. The molecule has 3 fully saturated rings. The van der Waals surface area contributed by atoms with Crippen molar-refractivity contribution in [1.82, 2.24) is 0 Å². The third kappa shape index (κ3) is 2.58. The van der Waals surface area contributed by atoms with Crippen LogP contribution >= 0.6 is 12.2 Å². The summed E-state index contributed by atoms with van der Waals surface area (Å²) in [5.74, 6) is 3.14. The number of fused-ring (bicyclic) bond motifs is 6. The molecule has 29 heavy (non-hydrogen) atoms. The molecular weight excluding hydrogens is 376 g/mol. The Bertz CT molecular complexity index is 791. The number of allylic oxidation sites excluding steroid dienone is 4. The molecule has 3 saturated carbocycles. The van der Waals surface area contributed by atoms with Gasteiger partial charge in [0.2, 0.25) is 0 Å². The Balaban J connectivity index is 1.59. The fourth-order valence-corrected chi connectivity index (χ4v) is 8.85. The van der Waals surface area contributed by atoms with E-state index in [1.54, 1.807) is 0 Å². The molecule has 0 amide bonds. The van der Waals surface area contributed by atoms with Gasteiger partial charge in [0.1, 0.15) is 0 Å². The summed E-state index contributed by atoms with van der Waals surface area (Å²) in [6.07, 6.45) is 17.5. The summed E-state index contributed by atoms with van der Waals surface area (Å²) < 4.78 is 5.89. The summed E-state index contributed by atoms with van der Waals surface area (Å²) in [5, 5.41) is 0. The van der Waals surface area contributed by atoms with E-state index in [0.717, 1.165) is 31.0 Å². The monoisotopic (exact) mass is 412 g/mol. The van der Waals surface area contributed by atoms with Crippen LogP contribution in [0.5, 0.6) is 0 Å². The first-order valence-electron chi connectivity index (χ1n) is 11.9. The van der Waals surface area contributed by atoms with Gasteiger partial charge in [0.25, 0.3) is 0 Å². The van der Waals surface area contributed by atoms with Crippen LogP contribution in [0.1, 0.15) is 78.6 Å². The van der Waals surface area contributed by atoms with Crippen LogP contribution < -0.4 is 0 Å². The molecule has 5 rings (SSSR count). The fourth-order valence-electron chi connectivity index (χ4n) is 8.62. The number of hydrogen-bond donors (Lipinski definition) is 0. The molecule has 1 spiro atoms. The van der Waals surface area contributed by atoms with Crippen molar-refractivity contribution in [2.24, 2.45) is 39.9 Å². The van der Waals surface area contributed by atoms with Crippen molar-refractivity contribution >= 4 is 23.4 Å². The second-order valence-corrected chi connectivity index (χ2v) is 11.5. The van der Waals surface area contributed by atoms with E-state index in [2.05, 4.69) is 32.9 Å². The van der Waals surface area contributed by atoms with Crippen molar-refractivity contribution in [3.63, 3.8) is 0 Å². The van der Waals surface area contributed by atoms with Gasteiger partial charge in [-0.2, -0.15) is 0 Å². The van der Waals surface area contributed by atoms with Crippen LogP contribution in [0.15, 0.2) is 23.5 Å². The first-order valence-corrected chi connectivity index (χ1v) is 12.3. The highest BCUT2D eigenvalue weighted by atomic mass is 32.1. The number of aldehydes is 1. The van der Waals surface area contributed by atoms with Gasteiger partial charge in [0, 0.05) is 12.3 Å². The quantitative estimate of drug-likeness (QED) is 0.392. The SMILES string of the molecule is CCOC1=CC2=C[C@@H](C(=S)C=O)[C@@H]3[C@H](CC[C@@]4(C)[C@H]3CCC43CCC3)[C@@]2(C)CC1. The summed E-state index contributed by atoms with van der Waals surface area (Å²) in [4.78, 5) is 12.5. The first kappa shape index (κ1) is 20.0. The molecule has 0 aliphatic heterocycles. The maximum Gasteiger partial charge on any atom is 0.157 e. The largest absolute Gasteiger partial charge is 0.498 e. The zero-order valence-corrected chi connectivity index (χ0v) is 19.2. The van der Waals surface area contributed by atoms with Crippen molar-refractivity contribution in [3.8, 4) is 0 Å². The minimum atomic E-state index is 0.132. The van der Waals surface area contributed by atoms with E-state index < -0.39 is 0 Å². The Hall–Kier alpha value is -0.960. The van der Waals surface area contributed by atoms with E-state index in [4.69, 9.17) is 17.0 Å². The molecule has 0 unspecified atom stereocenters. The van der Waals surface area contributed by atoms with E-state index in [1.165, 1.54) is 56.9 Å². The van der Waals surface area contributed by atoms with Gasteiger partial charge in [0.15, 0.2) is 6.29 Å². The zero-order valence-electron chi connectivity index (χ0n) is 18.3. The van der Waals surface area contributed by atoms with Crippen LogP contribution in [0.3, 0.4) is 0 Å². The molecule has 0 aromatic rings. The van der Waals surface area contributed by atoms with E-state index in [-0.39, 0.29) is 11.3 Å². The van der Waals surface area contributed by atoms with Gasteiger partial charge in [-0.05, 0) is 97.5 Å². The zero-order chi connectivity index (χ0) is 20.4. The third-order valence-electron chi connectivity index (χ3n) is 10.4. The molecule has 0 N–H and O–H groups in total. The molecule has 0 aromatic carbocycles.